The number of furan rings is 1. The van der Waals surface area contributed by atoms with Crippen molar-refractivity contribution in [2.24, 2.45) is 0 Å². The van der Waals surface area contributed by atoms with Crippen LogP contribution in [0.2, 0.25) is 0 Å². The Morgan fingerprint density at radius 3 is 2.45 bits per heavy atom. The topological polar surface area (TPSA) is 68.5 Å². The van der Waals surface area contributed by atoms with Gasteiger partial charge in [-0.15, -0.1) is 0 Å². The summed E-state index contributed by atoms with van der Waals surface area (Å²) in [6.07, 6.45) is 1.69. The normalized spacial score (nSPS) is 12.0. The first-order valence-corrected chi connectivity index (χ1v) is 9.30. The van der Waals surface area contributed by atoms with Crippen molar-refractivity contribution in [1.29, 1.82) is 0 Å². The van der Waals surface area contributed by atoms with Gasteiger partial charge in [0.15, 0.2) is 0 Å². The smallest absolute Gasteiger partial charge is 0.332 e. The fourth-order valence-electron chi connectivity index (χ4n) is 2.82. The highest BCUT2D eigenvalue weighted by atomic mass is 16.5. The van der Waals surface area contributed by atoms with Gasteiger partial charge in [-0.1, -0.05) is 42.5 Å². The zero-order chi connectivity index (χ0) is 20.8. The van der Waals surface area contributed by atoms with Crippen LogP contribution in [0.4, 0.5) is 5.69 Å². The summed E-state index contributed by atoms with van der Waals surface area (Å²) in [6.45, 7) is 5.68. The molecule has 1 N–H and O–H groups in total. The molecule has 148 valence electrons. The Balaban J connectivity index is 1.79. The molecule has 2 aromatic carbocycles. The summed E-state index contributed by atoms with van der Waals surface area (Å²) in [5.74, 6) is 0.230. The van der Waals surface area contributed by atoms with E-state index in [1.807, 2.05) is 45.0 Å². The molecule has 1 aromatic heterocycles. The monoisotopic (exact) mass is 389 g/mol. The van der Waals surface area contributed by atoms with Crippen LogP contribution < -0.4 is 5.32 Å². The van der Waals surface area contributed by atoms with Crippen LogP contribution in [0.3, 0.4) is 0 Å². The van der Waals surface area contributed by atoms with E-state index in [2.05, 4.69) is 5.32 Å². The van der Waals surface area contributed by atoms with Gasteiger partial charge in [-0.3, -0.25) is 4.79 Å². The van der Waals surface area contributed by atoms with E-state index in [9.17, 15) is 9.59 Å². The molecule has 0 unspecified atom stereocenters. The Morgan fingerprint density at radius 1 is 1.00 bits per heavy atom. The van der Waals surface area contributed by atoms with Crippen molar-refractivity contribution in [3.8, 4) is 0 Å². The number of carbonyl (C=O) groups is 2. The van der Waals surface area contributed by atoms with E-state index in [1.54, 1.807) is 36.4 Å². The Morgan fingerprint density at radius 2 is 1.76 bits per heavy atom. The molecule has 3 rings (SSSR count). The van der Waals surface area contributed by atoms with Crippen molar-refractivity contribution < 1.29 is 18.7 Å². The molecule has 1 amide bonds. The van der Waals surface area contributed by atoms with Crippen molar-refractivity contribution in [3.63, 3.8) is 0 Å². The quantitative estimate of drug-likeness (QED) is 0.468. The molecule has 29 heavy (non-hydrogen) atoms. The van der Waals surface area contributed by atoms with E-state index < -0.39 is 18.0 Å². The van der Waals surface area contributed by atoms with Crippen molar-refractivity contribution in [3.05, 3.63) is 95.0 Å². The minimum Gasteiger partial charge on any atom is -0.462 e. The maximum atomic E-state index is 13.0. The lowest BCUT2D eigenvalue weighted by molar-refractivity contribution is -0.149. The number of esters is 1. The molecule has 5 nitrogen and oxygen atoms in total. The lowest BCUT2D eigenvalue weighted by Gasteiger charge is -2.18. The van der Waals surface area contributed by atoms with Crippen LogP contribution in [-0.4, -0.2) is 11.9 Å². The minimum atomic E-state index is -1.08. The van der Waals surface area contributed by atoms with Gasteiger partial charge in [0.1, 0.15) is 11.5 Å². The molecule has 0 aliphatic heterocycles. The van der Waals surface area contributed by atoms with Crippen molar-refractivity contribution in [1.82, 2.24) is 0 Å². The molecule has 0 spiro atoms. The van der Waals surface area contributed by atoms with E-state index in [4.69, 9.17) is 9.15 Å². The van der Waals surface area contributed by atoms with Gasteiger partial charge in [0.05, 0.1) is 0 Å². The van der Waals surface area contributed by atoms with Crippen molar-refractivity contribution in [2.75, 3.05) is 5.32 Å². The lowest BCUT2D eigenvalue weighted by atomic mass is 10.1. The third-order valence-corrected chi connectivity index (χ3v) is 4.37. The van der Waals surface area contributed by atoms with E-state index >= 15 is 0 Å². The number of hydrogen-bond donors (Lipinski definition) is 1. The fourth-order valence-corrected chi connectivity index (χ4v) is 2.82. The Hall–Kier alpha value is -3.60. The number of benzene rings is 2. The predicted molar refractivity (Wildman–Crippen MR) is 112 cm³/mol. The Bertz CT molecular complexity index is 1030. The van der Waals surface area contributed by atoms with Gasteiger partial charge in [0.25, 0.3) is 5.91 Å². The average Bonchev–Trinajstić information content (AvgIpc) is 3.13. The number of aryl methyl sites for hydroxylation is 3. The zero-order valence-corrected chi connectivity index (χ0v) is 16.6. The number of nitrogens with one attached hydrogen (secondary N) is 1. The van der Waals surface area contributed by atoms with Gasteiger partial charge >= 0.3 is 5.97 Å². The number of amides is 1. The van der Waals surface area contributed by atoms with Crippen LogP contribution in [0.15, 0.2) is 71.2 Å². The van der Waals surface area contributed by atoms with Gasteiger partial charge in [-0.25, -0.2) is 4.79 Å². The molecule has 3 aromatic rings. The summed E-state index contributed by atoms with van der Waals surface area (Å²) in [5.41, 5.74) is 3.23. The van der Waals surface area contributed by atoms with Crippen molar-refractivity contribution >= 4 is 23.6 Å². The Kier molecular flexibility index (Phi) is 6.29. The predicted octanol–water partition coefficient (Wildman–Crippen LogP) is 5.14. The van der Waals surface area contributed by atoms with Gasteiger partial charge in [-0.05, 0) is 56.2 Å². The molecule has 0 aliphatic carbocycles. The molecule has 5 heteroatoms. The number of hydrogen-bond acceptors (Lipinski definition) is 4. The molecule has 0 aliphatic rings. The standard InChI is InChI=1S/C24H23NO4/c1-16-9-10-17(2)21(15-16)25-24(27)23(19-7-5-4-6-8-19)29-22(26)14-13-20-12-11-18(3)28-20/h4-15,23H,1-3H3,(H,25,27)/b14-13+/t23-/m1/s1. The SMILES string of the molecule is Cc1ccc(C)c(NC(=O)[C@H](OC(=O)/C=C/c2ccc(C)o2)c2ccccc2)c1. The summed E-state index contributed by atoms with van der Waals surface area (Å²) >= 11 is 0. The summed E-state index contributed by atoms with van der Waals surface area (Å²) < 4.78 is 10.9. The summed E-state index contributed by atoms with van der Waals surface area (Å²) in [7, 11) is 0. The first kappa shape index (κ1) is 20.1. The molecular formula is C24H23NO4. The first-order chi connectivity index (χ1) is 13.9. The molecule has 0 saturated heterocycles. The number of anilines is 1. The number of carbonyl (C=O) groups excluding carboxylic acids is 2. The highest BCUT2D eigenvalue weighted by molar-refractivity contribution is 5.98. The summed E-state index contributed by atoms with van der Waals surface area (Å²) in [4.78, 5) is 25.3. The number of ether oxygens (including phenoxy) is 1. The maximum Gasteiger partial charge on any atom is 0.332 e. The highest BCUT2D eigenvalue weighted by Crippen LogP contribution is 2.23. The van der Waals surface area contributed by atoms with Gasteiger partial charge in [-0.2, -0.15) is 0 Å². The first-order valence-electron chi connectivity index (χ1n) is 9.30. The summed E-state index contributed by atoms with van der Waals surface area (Å²) in [5, 5.41) is 2.87. The van der Waals surface area contributed by atoms with Gasteiger partial charge in [0.2, 0.25) is 6.10 Å². The maximum absolute atomic E-state index is 13.0. The molecule has 0 bridgehead atoms. The van der Waals surface area contributed by atoms with E-state index in [-0.39, 0.29) is 0 Å². The molecule has 0 saturated carbocycles. The summed E-state index contributed by atoms with van der Waals surface area (Å²) in [6, 6.07) is 18.3. The highest BCUT2D eigenvalue weighted by Gasteiger charge is 2.24. The van der Waals surface area contributed by atoms with Gasteiger partial charge in [0, 0.05) is 17.3 Å². The minimum absolute atomic E-state index is 0.416. The van der Waals surface area contributed by atoms with Crippen LogP contribution in [0, 0.1) is 20.8 Å². The van der Waals surface area contributed by atoms with Gasteiger partial charge < -0.3 is 14.5 Å². The third-order valence-electron chi connectivity index (χ3n) is 4.37. The molecule has 0 radical (unpaired) electrons. The van der Waals surface area contributed by atoms with Crippen LogP contribution in [0.5, 0.6) is 0 Å². The zero-order valence-electron chi connectivity index (χ0n) is 16.6. The molecular weight excluding hydrogens is 366 g/mol. The van der Waals surface area contributed by atoms with Crippen LogP contribution in [0.25, 0.3) is 6.08 Å². The fraction of sp³-hybridized carbons (Fsp3) is 0.167. The third kappa shape index (κ3) is 5.45. The second-order valence-corrected chi connectivity index (χ2v) is 6.82. The van der Waals surface area contributed by atoms with Crippen LogP contribution in [0.1, 0.15) is 34.3 Å². The Labute approximate surface area is 170 Å². The molecule has 1 atom stereocenters. The second-order valence-electron chi connectivity index (χ2n) is 6.82. The van der Waals surface area contributed by atoms with Crippen molar-refractivity contribution in [2.45, 2.75) is 26.9 Å². The average molecular weight is 389 g/mol. The van der Waals surface area contributed by atoms with E-state index in [0.717, 1.165) is 16.9 Å². The second kappa shape index (κ2) is 9.06. The number of rotatable bonds is 6. The molecule has 1 heterocycles. The molecule has 0 fully saturated rings. The lowest BCUT2D eigenvalue weighted by Crippen LogP contribution is -2.25. The van der Waals surface area contributed by atoms with Crippen LogP contribution >= 0.6 is 0 Å². The van der Waals surface area contributed by atoms with Crippen LogP contribution in [-0.2, 0) is 14.3 Å². The van der Waals surface area contributed by atoms with E-state index in [1.165, 1.54) is 12.2 Å². The largest absolute Gasteiger partial charge is 0.462 e. The van der Waals surface area contributed by atoms with E-state index in [0.29, 0.717) is 17.0 Å².